The van der Waals surface area contributed by atoms with Gasteiger partial charge in [-0.15, -0.1) is 0 Å². The highest BCUT2D eigenvalue weighted by molar-refractivity contribution is 6.26. The first-order valence-electron chi connectivity index (χ1n) is 21.8. The molecule has 0 unspecified atom stereocenters. The Labute approximate surface area is 364 Å². The van der Waals surface area contributed by atoms with Crippen LogP contribution in [0.3, 0.4) is 0 Å². The summed E-state index contributed by atoms with van der Waals surface area (Å²) in [5, 5.41) is 9.80. The first-order valence-corrected chi connectivity index (χ1v) is 21.8. The van der Waals surface area contributed by atoms with E-state index in [2.05, 4.69) is 223 Å². The number of rotatable bonds is 4. The third-order valence-electron chi connectivity index (χ3n) is 14.0. The molecule has 0 saturated carbocycles. The van der Waals surface area contributed by atoms with Crippen LogP contribution in [-0.2, 0) is 5.41 Å². The van der Waals surface area contributed by atoms with Crippen molar-refractivity contribution in [2.75, 3.05) is 4.90 Å². The number of hydrogen-bond donors (Lipinski definition) is 0. The maximum absolute atomic E-state index is 6.61. The summed E-state index contributed by atoms with van der Waals surface area (Å²) >= 11 is 0. The highest BCUT2D eigenvalue weighted by atomic mass is 16.3. The normalized spacial score (nSPS) is 13.2. The van der Waals surface area contributed by atoms with Gasteiger partial charge in [0, 0.05) is 33.4 Å². The van der Waals surface area contributed by atoms with Crippen molar-refractivity contribution in [3.8, 4) is 33.4 Å². The zero-order chi connectivity index (χ0) is 41.2. The molecule has 0 amide bonds. The van der Waals surface area contributed by atoms with Gasteiger partial charge in [0.25, 0.3) is 0 Å². The van der Waals surface area contributed by atoms with Gasteiger partial charge in [0.15, 0.2) is 0 Å². The smallest absolute Gasteiger partial charge is 0.143 e. The van der Waals surface area contributed by atoms with Gasteiger partial charge in [-0.1, -0.05) is 182 Å². The molecule has 0 saturated heterocycles. The number of nitrogens with zero attached hydrogens (tertiary/aromatic N) is 1. The number of para-hydroxylation sites is 2. The standard InChI is InChI=1S/C61H37NO/c1-2-19-45-43(17-1)44-18-3-4-20-46(44)54-36-40(31-33-47(45)54)62(39-16-13-15-38(35-39)42-25-14-26-53-52-24-8-12-30-59(52)63-60(42)53)41-32-34-51-50-23-7-11-29-57(50)61(58(51)37-41)55-27-9-5-21-48(55)49-22-6-10-28-56(49)61/h1-37H. The quantitative estimate of drug-likeness (QED) is 0.165. The SMILES string of the molecule is c1cc(-c2cccc3c2oc2ccccc23)cc(N(c2ccc3c(c2)C2(c4ccccc4-c4ccccc42)c2ccccc2-3)c2ccc3c4ccccc4c4ccccc4c3c2)c1. The molecule has 2 heteroatoms. The lowest BCUT2D eigenvalue weighted by Gasteiger charge is -2.32. The fourth-order valence-electron chi connectivity index (χ4n) is 11.5. The Hall–Kier alpha value is -8.20. The summed E-state index contributed by atoms with van der Waals surface area (Å²) in [6.07, 6.45) is 0. The molecule has 0 fully saturated rings. The van der Waals surface area contributed by atoms with E-state index in [9.17, 15) is 0 Å². The molecule has 1 heterocycles. The van der Waals surface area contributed by atoms with Crippen molar-refractivity contribution in [3.05, 3.63) is 247 Å². The monoisotopic (exact) mass is 799 g/mol. The minimum Gasteiger partial charge on any atom is -0.455 e. The van der Waals surface area contributed by atoms with Crippen LogP contribution in [-0.4, -0.2) is 0 Å². The molecule has 2 aliphatic carbocycles. The lowest BCUT2D eigenvalue weighted by molar-refractivity contribution is 0.670. The van der Waals surface area contributed by atoms with E-state index in [1.807, 2.05) is 6.07 Å². The predicted octanol–water partition coefficient (Wildman–Crippen LogP) is 16.5. The zero-order valence-corrected chi connectivity index (χ0v) is 34.2. The van der Waals surface area contributed by atoms with E-state index < -0.39 is 5.41 Å². The van der Waals surface area contributed by atoms with Gasteiger partial charge in [0.1, 0.15) is 11.2 Å². The van der Waals surface area contributed by atoms with Gasteiger partial charge in [-0.2, -0.15) is 0 Å². The summed E-state index contributed by atoms with van der Waals surface area (Å²) in [6.45, 7) is 0. The van der Waals surface area contributed by atoms with E-state index in [0.29, 0.717) is 0 Å². The molecule has 12 aromatic rings. The Kier molecular flexibility index (Phi) is 7.07. The maximum atomic E-state index is 6.61. The predicted molar refractivity (Wildman–Crippen MR) is 263 cm³/mol. The van der Waals surface area contributed by atoms with Crippen LogP contribution in [0.4, 0.5) is 17.1 Å². The van der Waals surface area contributed by atoms with Gasteiger partial charge in [0.05, 0.1) is 5.41 Å². The van der Waals surface area contributed by atoms with Crippen molar-refractivity contribution in [1.29, 1.82) is 0 Å². The van der Waals surface area contributed by atoms with Crippen LogP contribution in [0.15, 0.2) is 229 Å². The summed E-state index contributed by atoms with van der Waals surface area (Å²) in [4.78, 5) is 2.47. The molecule has 0 radical (unpaired) electrons. The van der Waals surface area contributed by atoms with E-state index in [4.69, 9.17) is 4.42 Å². The van der Waals surface area contributed by atoms with Crippen molar-refractivity contribution in [2.24, 2.45) is 0 Å². The van der Waals surface area contributed by atoms with Crippen LogP contribution < -0.4 is 4.90 Å². The Balaban J connectivity index is 1.04. The molecule has 0 aliphatic heterocycles. The molecule has 14 rings (SSSR count). The summed E-state index contributed by atoms with van der Waals surface area (Å²) < 4.78 is 6.61. The second-order valence-electron chi connectivity index (χ2n) is 17.1. The molecule has 11 aromatic carbocycles. The second kappa shape index (κ2) is 12.9. The van der Waals surface area contributed by atoms with E-state index >= 15 is 0 Å². The fourth-order valence-corrected chi connectivity index (χ4v) is 11.5. The van der Waals surface area contributed by atoms with Crippen LogP contribution in [0.1, 0.15) is 22.3 Å². The minimum absolute atomic E-state index is 0.460. The van der Waals surface area contributed by atoms with Crippen molar-refractivity contribution < 1.29 is 4.42 Å². The average Bonchev–Trinajstić information content (AvgIpc) is 3.98. The van der Waals surface area contributed by atoms with Crippen LogP contribution in [0.2, 0.25) is 0 Å². The Morgan fingerprint density at radius 3 is 1.41 bits per heavy atom. The van der Waals surface area contributed by atoms with Crippen molar-refractivity contribution >= 4 is 71.3 Å². The van der Waals surface area contributed by atoms with E-state index in [1.54, 1.807) is 0 Å². The lowest BCUT2D eigenvalue weighted by Crippen LogP contribution is -2.26. The fraction of sp³-hybridized carbons (Fsp3) is 0.0164. The molecule has 292 valence electrons. The number of anilines is 3. The number of fused-ring (bicyclic) bond motifs is 19. The molecule has 63 heavy (non-hydrogen) atoms. The molecular formula is C61H37NO. The van der Waals surface area contributed by atoms with Gasteiger partial charge < -0.3 is 9.32 Å². The first kappa shape index (κ1) is 34.5. The molecular weight excluding hydrogens is 763 g/mol. The Morgan fingerprint density at radius 2 is 0.746 bits per heavy atom. The number of furan rings is 1. The molecule has 1 spiro atoms. The highest BCUT2D eigenvalue weighted by Crippen LogP contribution is 2.63. The topological polar surface area (TPSA) is 16.4 Å². The zero-order valence-electron chi connectivity index (χ0n) is 34.2. The first-order chi connectivity index (χ1) is 31.3. The lowest BCUT2D eigenvalue weighted by atomic mass is 9.70. The molecule has 2 nitrogen and oxygen atoms in total. The van der Waals surface area contributed by atoms with E-state index in [-0.39, 0.29) is 0 Å². The highest BCUT2D eigenvalue weighted by Gasteiger charge is 2.51. The number of benzene rings is 11. The van der Waals surface area contributed by atoms with Gasteiger partial charge in [-0.25, -0.2) is 0 Å². The molecule has 2 aliphatic rings. The summed E-state index contributed by atoms with van der Waals surface area (Å²) in [5.74, 6) is 0. The van der Waals surface area contributed by atoms with Crippen LogP contribution in [0.5, 0.6) is 0 Å². The summed E-state index contributed by atoms with van der Waals surface area (Å²) in [7, 11) is 0. The third kappa shape index (κ3) is 4.67. The Bertz CT molecular complexity index is 3790. The van der Waals surface area contributed by atoms with Crippen LogP contribution in [0.25, 0.3) is 87.6 Å². The van der Waals surface area contributed by atoms with E-state index in [1.165, 1.54) is 76.8 Å². The summed E-state index contributed by atoms with van der Waals surface area (Å²) in [6, 6.07) is 82.9. The largest absolute Gasteiger partial charge is 0.455 e. The second-order valence-corrected chi connectivity index (χ2v) is 17.1. The van der Waals surface area contributed by atoms with Crippen molar-refractivity contribution in [3.63, 3.8) is 0 Å². The molecule has 0 N–H and O–H groups in total. The van der Waals surface area contributed by atoms with E-state index in [0.717, 1.165) is 50.1 Å². The van der Waals surface area contributed by atoms with Crippen LogP contribution in [0, 0.1) is 0 Å². The average molecular weight is 800 g/mol. The number of hydrogen-bond acceptors (Lipinski definition) is 2. The van der Waals surface area contributed by atoms with Gasteiger partial charge >= 0.3 is 0 Å². The van der Waals surface area contributed by atoms with Gasteiger partial charge in [0.2, 0.25) is 0 Å². The van der Waals surface area contributed by atoms with Gasteiger partial charge in [-0.05, 0) is 125 Å². The maximum Gasteiger partial charge on any atom is 0.143 e. The van der Waals surface area contributed by atoms with Crippen molar-refractivity contribution in [1.82, 2.24) is 0 Å². The third-order valence-corrected chi connectivity index (χ3v) is 14.0. The molecule has 0 atom stereocenters. The Morgan fingerprint density at radius 1 is 0.286 bits per heavy atom. The van der Waals surface area contributed by atoms with Crippen molar-refractivity contribution in [2.45, 2.75) is 5.41 Å². The summed E-state index contributed by atoms with van der Waals surface area (Å²) in [5.41, 5.74) is 17.3. The van der Waals surface area contributed by atoms with Gasteiger partial charge in [-0.3, -0.25) is 0 Å². The van der Waals surface area contributed by atoms with Crippen LogP contribution >= 0.6 is 0 Å². The minimum atomic E-state index is -0.460. The molecule has 1 aromatic heterocycles. The molecule has 0 bridgehead atoms.